The summed E-state index contributed by atoms with van der Waals surface area (Å²) in [7, 11) is 0. The predicted molar refractivity (Wildman–Crippen MR) is 104 cm³/mol. The molecule has 1 aromatic heterocycles. The number of hydrogen-bond acceptors (Lipinski definition) is 4. The lowest BCUT2D eigenvalue weighted by molar-refractivity contribution is -0.149. The van der Waals surface area contributed by atoms with Gasteiger partial charge in [-0.25, -0.2) is 0 Å². The van der Waals surface area contributed by atoms with E-state index in [4.69, 9.17) is 0 Å². The molecule has 28 heavy (non-hydrogen) atoms. The van der Waals surface area contributed by atoms with Gasteiger partial charge in [0.15, 0.2) is 0 Å². The second kappa shape index (κ2) is 7.31. The molecule has 2 heterocycles. The molecular formula is C21H22N4O3. The van der Waals surface area contributed by atoms with Crippen molar-refractivity contribution in [3.8, 4) is 17.3 Å². The van der Waals surface area contributed by atoms with E-state index in [1.54, 1.807) is 19.9 Å². The molecule has 1 aromatic carbocycles. The molecule has 0 aliphatic carbocycles. The predicted octanol–water partition coefficient (Wildman–Crippen LogP) is 1.43. The van der Waals surface area contributed by atoms with E-state index < -0.39 is 11.1 Å². The van der Waals surface area contributed by atoms with Crippen LogP contribution in [0.2, 0.25) is 0 Å². The van der Waals surface area contributed by atoms with Crippen LogP contribution in [0.25, 0.3) is 11.3 Å². The highest BCUT2D eigenvalue weighted by Crippen LogP contribution is 2.22. The van der Waals surface area contributed by atoms with Crippen LogP contribution in [-0.4, -0.2) is 39.9 Å². The van der Waals surface area contributed by atoms with Crippen molar-refractivity contribution in [1.82, 2.24) is 14.8 Å². The highest BCUT2D eigenvalue weighted by Gasteiger charge is 2.40. The van der Waals surface area contributed by atoms with Gasteiger partial charge in [-0.15, -0.1) is 0 Å². The standard InChI is InChI=1S/C21H22N4O3/c1-14-4-6-15(7-5-14)17-9-8-16(12-22)19(27)24(17)13-18(26)25-11-10-23-20(28)21(25,2)3/h4-9H,10-11,13H2,1-3H3,(H,23,28). The Bertz CT molecular complexity index is 1030. The Balaban J connectivity index is 2.04. The van der Waals surface area contributed by atoms with Gasteiger partial charge in [-0.2, -0.15) is 5.26 Å². The molecule has 1 aliphatic rings. The van der Waals surface area contributed by atoms with Crippen molar-refractivity contribution >= 4 is 11.8 Å². The molecule has 1 aliphatic heterocycles. The van der Waals surface area contributed by atoms with Gasteiger partial charge < -0.3 is 10.2 Å². The molecule has 2 aromatic rings. The van der Waals surface area contributed by atoms with Crippen LogP contribution in [0.4, 0.5) is 0 Å². The van der Waals surface area contributed by atoms with Gasteiger partial charge >= 0.3 is 0 Å². The van der Waals surface area contributed by atoms with Crippen molar-refractivity contribution in [2.75, 3.05) is 13.1 Å². The summed E-state index contributed by atoms with van der Waals surface area (Å²) in [6.45, 7) is 5.80. The molecule has 0 unspecified atom stereocenters. The van der Waals surface area contributed by atoms with Crippen molar-refractivity contribution in [1.29, 1.82) is 5.26 Å². The second-order valence-electron chi connectivity index (χ2n) is 7.36. The third kappa shape index (κ3) is 3.41. The van der Waals surface area contributed by atoms with Crippen LogP contribution in [0.3, 0.4) is 0 Å². The number of nitriles is 1. The Kier molecular flexibility index (Phi) is 5.06. The van der Waals surface area contributed by atoms with Crippen LogP contribution in [0.1, 0.15) is 25.0 Å². The van der Waals surface area contributed by atoms with E-state index in [0.29, 0.717) is 18.8 Å². The minimum atomic E-state index is -1.00. The molecule has 3 rings (SSSR count). The average Bonchev–Trinajstić information content (AvgIpc) is 2.66. The van der Waals surface area contributed by atoms with Crippen LogP contribution >= 0.6 is 0 Å². The molecule has 0 atom stereocenters. The summed E-state index contributed by atoms with van der Waals surface area (Å²) in [5, 5.41) is 12.0. The molecule has 0 spiro atoms. The third-order valence-electron chi connectivity index (χ3n) is 5.09. The van der Waals surface area contributed by atoms with Gasteiger partial charge in [-0.05, 0) is 38.5 Å². The summed E-state index contributed by atoms with van der Waals surface area (Å²) >= 11 is 0. The minimum absolute atomic E-state index is 0.0284. The maximum atomic E-state index is 13.0. The monoisotopic (exact) mass is 378 g/mol. The van der Waals surface area contributed by atoms with Gasteiger partial charge in [0.25, 0.3) is 5.56 Å². The van der Waals surface area contributed by atoms with Crippen molar-refractivity contribution in [3.63, 3.8) is 0 Å². The molecule has 2 amide bonds. The minimum Gasteiger partial charge on any atom is -0.352 e. The van der Waals surface area contributed by atoms with Gasteiger partial charge in [0.2, 0.25) is 11.8 Å². The van der Waals surface area contributed by atoms with E-state index in [-0.39, 0.29) is 23.9 Å². The zero-order valence-corrected chi connectivity index (χ0v) is 16.2. The lowest BCUT2D eigenvalue weighted by atomic mass is 9.99. The van der Waals surface area contributed by atoms with Crippen LogP contribution in [0.15, 0.2) is 41.2 Å². The fourth-order valence-electron chi connectivity index (χ4n) is 3.35. The number of nitrogens with one attached hydrogen (secondary N) is 1. The molecule has 1 saturated heterocycles. The number of aromatic nitrogens is 1. The van der Waals surface area contributed by atoms with E-state index >= 15 is 0 Å². The lowest BCUT2D eigenvalue weighted by Crippen LogP contribution is -2.64. The molecule has 7 nitrogen and oxygen atoms in total. The van der Waals surface area contributed by atoms with Crippen LogP contribution in [0, 0.1) is 18.3 Å². The van der Waals surface area contributed by atoms with Crippen molar-refractivity contribution in [3.05, 3.63) is 57.9 Å². The Morgan fingerprint density at radius 2 is 1.86 bits per heavy atom. The fraction of sp³-hybridized carbons (Fsp3) is 0.333. The van der Waals surface area contributed by atoms with Gasteiger partial charge in [0, 0.05) is 13.1 Å². The Hall–Kier alpha value is -3.40. The molecule has 1 N–H and O–H groups in total. The molecule has 144 valence electrons. The van der Waals surface area contributed by atoms with Crippen LogP contribution < -0.4 is 10.9 Å². The molecule has 0 saturated carbocycles. The molecule has 1 fully saturated rings. The van der Waals surface area contributed by atoms with E-state index in [0.717, 1.165) is 11.1 Å². The van der Waals surface area contributed by atoms with Crippen molar-refractivity contribution in [2.24, 2.45) is 0 Å². The summed E-state index contributed by atoms with van der Waals surface area (Å²) in [5.41, 5.74) is 0.846. The summed E-state index contributed by atoms with van der Waals surface area (Å²) in [5.74, 6) is -0.575. The Morgan fingerprint density at radius 3 is 2.50 bits per heavy atom. The van der Waals surface area contributed by atoms with Gasteiger partial charge in [-0.3, -0.25) is 19.0 Å². The van der Waals surface area contributed by atoms with E-state index in [2.05, 4.69) is 5.32 Å². The second-order valence-corrected chi connectivity index (χ2v) is 7.36. The maximum absolute atomic E-state index is 13.0. The fourth-order valence-corrected chi connectivity index (χ4v) is 3.35. The van der Waals surface area contributed by atoms with Crippen molar-refractivity contribution in [2.45, 2.75) is 32.9 Å². The smallest absolute Gasteiger partial charge is 0.269 e. The zero-order valence-electron chi connectivity index (χ0n) is 16.2. The SMILES string of the molecule is Cc1ccc(-c2ccc(C#N)c(=O)n2CC(=O)N2CCNC(=O)C2(C)C)cc1. The quantitative estimate of drug-likeness (QED) is 0.874. The number of aryl methyl sites for hydroxylation is 1. The van der Waals surface area contributed by atoms with E-state index in [1.807, 2.05) is 37.3 Å². The largest absolute Gasteiger partial charge is 0.352 e. The molecule has 0 bridgehead atoms. The summed E-state index contributed by atoms with van der Waals surface area (Å²) in [4.78, 5) is 39.5. The number of rotatable bonds is 3. The van der Waals surface area contributed by atoms with E-state index in [9.17, 15) is 19.6 Å². The first-order valence-corrected chi connectivity index (χ1v) is 9.05. The van der Waals surface area contributed by atoms with Crippen LogP contribution in [-0.2, 0) is 16.1 Å². The molecule has 7 heteroatoms. The number of piperazine rings is 1. The van der Waals surface area contributed by atoms with Gasteiger partial charge in [-0.1, -0.05) is 29.8 Å². The first-order chi connectivity index (χ1) is 13.3. The highest BCUT2D eigenvalue weighted by molar-refractivity contribution is 5.92. The Labute approximate surface area is 163 Å². The number of carbonyl (C=O) groups is 2. The molecular weight excluding hydrogens is 356 g/mol. The number of nitrogens with zero attached hydrogens (tertiary/aromatic N) is 3. The van der Waals surface area contributed by atoms with E-state index in [1.165, 1.54) is 15.5 Å². The maximum Gasteiger partial charge on any atom is 0.269 e. The van der Waals surface area contributed by atoms with Gasteiger partial charge in [0.1, 0.15) is 23.7 Å². The Morgan fingerprint density at radius 1 is 1.18 bits per heavy atom. The average molecular weight is 378 g/mol. The topological polar surface area (TPSA) is 95.2 Å². The summed E-state index contributed by atoms with van der Waals surface area (Å²) in [6.07, 6.45) is 0. The number of benzene rings is 1. The number of hydrogen-bond donors (Lipinski definition) is 1. The third-order valence-corrected chi connectivity index (χ3v) is 5.09. The zero-order chi connectivity index (χ0) is 20.5. The normalized spacial score (nSPS) is 15.6. The first-order valence-electron chi connectivity index (χ1n) is 9.05. The number of pyridine rings is 1. The van der Waals surface area contributed by atoms with Crippen LogP contribution in [0.5, 0.6) is 0 Å². The molecule has 0 radical (unpaired) electrons. The highest BCUT2D eigenvalue weighted by atomic mass is 16.2. The van der Waals surface area contributed by atoms with Crippen molar-refractivity contribution < 1.29 is 9.59 Å². The summed E-state index contributed by atoms with van der Waals surface area (Å²) in [6, 6.07) is 12.6. The lowest BCUT2D eigenvalue weighted by Gasteiger charge is -2.41. The first kappa shape index (κ1) is 19.4. The van der Waals surface area contributed by atoms with Gasteiger partial charge in [0.05, 0.1) is 5.69 Å². The summed E-state index contributed by atoms with van der Waals surface area (Å²) < 4.78 is 1.31. The number of amides is 2. The number of carbonyl (C=O) groups excluding carboxylic acids is 2.